The van der Waals surface area contributed by atoms with Gasteiger partial charge >= 0.3 is 0 Å². The average molecular weight is 395 g/mol. The maximum Gasteiger partial charge on any atom is 0.290 e. The van der Waals surface area contributed by atoms with E-state index in [1.807, 2.05) is 18.2 Å². The molecule has 0 atom stereocenters. The maximum atomic E-state index is 12.9. The normalized spacial score (nSPS) is 13.4. The number of halogens is 1. The van der Waals surface area contributed by atoms with E-state index in [-0.39, 0.29) is 11.3 Å². The van der Waals surface area contributed by atoms with Gasteiger partial charge in [-0.3, -0.25) is 14.6 Å². The fourth-order valence-electron chi connectivity index (χ4n) is 2.96. The number of hydrogen-bond donors (Lipinski definition) is 1. The number of carbonyl (C=O) groups excluding carboxylic acids is 1. The molecule has 2 heterocycles. The maximum absolute atomic E-state index is 12.9. The molecule has 142 valence electrons. The highest BCUT2D eigenvalue weighted by Crippen LogP contribution is 2.30. The van der Waals surface area contributed by atoms with Crippen LogP contribution in [0.1, 0.15) is 30.1 Å². The molecule has 0 aliphatic heterocycles. The third kappa shape index (κ3) is 4.12. The van der Waals surface area contributed by atoms with Gasteiger partial charge in [-0.1, -0.05) is 17.7 Å². The molecule has 1 aliphatic carbocycles. The number of nitrogens with one attached hydrogen (secondary N) is 1. The Kier molecular flexibility index (Phi) is 4.96. The molecule has 7 heteroatoms. The van der Waals surface area contributed by atoms with E-state index in [1.54, 1.807) is 30.5 Å². The molecule has 6 nitrogen and oxygen atoms in total. The number of Topliss-reactive ketones (excluding diaryl/α,β-unsaturated/α-hetero) is 1. The Balaban J connectivity index is 1.77. The van der Waals surface area contributed by atoms with E-state index in [0.29, 0.717) is 45.8 Å². The zero-order valence-corrected chi connectivity index (χ0v) is 16.1. The van der Waals surface area contributed by atoms with Gasteiger partial charge < -0.3 is 5.32 Å². The monoisotopic (exact) mass is 394 g/mol. The Morgan fingerprint density at radius 1 is 1.21 bits per heavy atom. The first kappa shape index (κ1) is 18.4. The second-order valence-corrected chi connectivity index (χ2v) is 7.44. The van der Waals surface area contributed by atoms with E-state index in [4.69, 9.17) is 11.6 Å². The molecule has 0 amide bonds. The predicted molar refractivity (Wildman–Crippen MR) is 109 cm³/mol. The van der Waals surface area contributed by atoms with Crippen LogP contribution >= 0.6 is 11.6 Å². The van der Waals surface area contributed by atoms with E-state index < -0.39 is 0 Å². The predicted octanol–water partition coefficient (Wildman–Crippen LogP) is 4.31. The molecule has 0 radical (unpaired) electrons. The van der Waals surface area contributed by atoms with Crippen molar-refractivity contribution in [2.24, 2.45) is 5.92 Å². The molecule has 4 rings (SSSR count). The number of hydrogen-bond acceptors (Lipinski definition) is 5. The van der Waals surface area contributed by atoms with Gasteiger partial charge in [-0.25, -0.2) is 4.68 Å². The average Bonchev–Trinajstić information content (AvgIpc) is 3.49. The summed E-state index contributed by atoms with van der Waals surface area (Å²) in [6, 6.07) is 12.2. The lowest BCUT2D eigenvalue weighted by Gasteiger charge is -2.12. The molecule has 1 saturated carbocycles. The summed E-state index contributed by atoms with van der Waals surface area (Å²) in [7, 11) is 0. The van der Waals surface area contributed by atoms with Gasteiger partial charge in [-0.05, 0) is 62.1 Å². The molecule has 0 bridgehead atoms. The second kappa shape index (κ2) is 7.56. The first-order chi connectivity index (χ1) is 13.5. The highest BCUT2D eigenvalue weighted by Gasteiger charge is 2.24. The van der Waals surface area contributed by atoms with Crippen LogP contribution in [0, 0.1) is 5.92 Å². The Labute approximate surface area is 167 Å². The summed E-state index contributed by atoms with van der Waals surface area (Å²) < 4.78 is 1.50. The summed E-state index contributed by atoms with van der Waals surface area (Å²) >= 11 is 6.14. The number of aromatic nitrogens is 3. The number of carbonyl (C=O) groups is 1. The molecule has 1 aromatic carbocycles. The zero-order valence-electron chi connectivity index (χ0n) is 15.4. The first-order valence-electron chi connectivity index (χ1n) is 9.12. The standard InChI is InChI=1S/C21H19ClN4O2/c1-13(27)15-8-16(22)10-17(9-15)24-20-11-19(18-4-2-3-7-23-18)25-26(21(20)28)12-14-5-6-14/h2-4,7-11,14,24H,5-6,12H2,1H3. The topological polar surface area (TPSA) is 76.9 Å². The van der Waals surface area contributed by atoms with Crippen LogP contribution in [0.2, 0.25) is 5.02 Å². The minimum Gasteiger partial charge on any atom is -0.351 e. The van der Waals surface area contributed by atoms with Gasteiger partial charge in [0, 0.05) is 29.0 Å². The van der Waals surface area contributed by atoms with Crippen molar-refractivity contribution in [1.29, 1.82) is 0 Å². The Bertz CT molecular complexity index is 1090. The van der Waals surface area contributed by atoms with Crippen LogP contribution in [0.3, 0.4) is 0 Å². The van der Waals surface area contributed by atoms with Gasteiger partial charge in [0.25, 0.3) is 5.56 Å². The van der Waals surface area contributed by atoms with Crippen molar-refractivity contribution in [3.63, 3.8) is 0 Å². The van der Waals surface area contributed by atoms with Gasteiger partial charge in [0.15, 0.2) is 5.78 Å². The minimum absolute atomic E-state index is 0.0967. The van der Waals surface area contributed by atoms with Crippen molar-refractivity contribution in [3.8, 4) is 11.4 Å². The van der Waals surface area contributed by atoms with E-state index in [0.717, 1.165) is 12.8 Å². The molecule has 0 saturated heterocycles. The summed E-state index contributed by atoms with van der Waals surface area (Å²) in [4.78, 5) is 29.0. The fourth-order valence-corrected chi connectivity index (χ4v) is 3.20. The lowest BCUT2D eigenvalue weighted by Crippen LogP contribution is -2.26. The molecule has 2 aromatic heterocycles. The van der Waals surface area contributed by atoms with E-state index in [2.05, 4.69) is 15.4 Å². The number of rotatable bonds is 6. The molecule has 28 heavy (non-hydrogen) atoms. The lowest BCUT2D eigenvalue weighted by molar-refractivity contribution is 0.101. The number of benzene rings is 1. The summed E-state index contributed by atoms with van der Waals surface area (Å²) in [5.74, 6) is 0.396. The first-order valence-corrected chi connectivity index (χ1v) is 9.49. The van der Waals surface area contributed by atoms with Gasteiger partial charge in [0.05, 0.1) is 5.69 Å². The van der Waals surface area contributed by atoms with Crippen LogP contribution in [0.25, 0.3) is 11.4 Å². The Morgan fingerprint density at radius 2 is 2.04 bits per heavy atom. The molecule has 1 N–H and O–H groups in total. The van der Waals surface area contributed by atoms with Crippen LogP contribution < -0.4 is 10.9 Å². The Morgan fingerprint density at radius 3 is 2.71 bits per heavy atom. The highest BCUT2D eigenvalue weighted by molar-refractivity contribution is 6.31. The molecule has 1 fully saturated rings. The minimum atomic E-state index is -0.212. The van der Waals surface area contributed by atoms with Crippen LogP contribution in [-0.2, 0) is 6.54 Å². The van der Waals surface area contributed by atoms with Crippen molar-refractivity contribution in [1.82, 2.24) is 14.8 Å². The number of ketones is 1. The molecule has 0 unspecified atom stereocenters. The van der Waals surface area contributed by atoms with Crippen molar-refractivity contribution in [3.05, 3.63) is 69.6 Å². The van der Waals surface area contributed by atoms with E-state index in [9.17, 15) is 9.59 Å². The largest absolute Gasteiger partial charge is 0.351 e. The number of pyridine rings is 1. The lowest BCUT2D eigenvalue weighted by atomic mass is 10.1. The van der Waals surface area contributed by atoms with Gasteiger partial charge in [0.1, 0.15) is 11.4 Å². The molecule has 3 aromatic rings. The van der Waals surface area contributed by atoms with Crippen molar-refractivity contribution in [2.75, 3.05) is 5.32 Å². The van der Waals surface area contributed by atoms with E-state index >= 15 is 0 Å². The van der Waals surface area contributed by atoms with Gasteiger partial charge in [-0.15, -0.1) is 0 Å². The molecular weight excluding hydrogens is 376 g/mol. The molecule has 0 spiro atoms. The number of anilines is 2. The van der Waals surface area contributed by atoms with Crippen molar-refractivity contribution < 1.29 is 4.79 Å². The summed E-state index contributed by atoms with van der Waals surface area (Å²) in [6.07, 6.45) is 3.92. The third-order valence-electron chi connectivity index (χ3n) is 4.61. The van der Waals surface area contributed by atoms with E-state index in [1.165, 1.54) is 11.6 Å². The smallest absolute Gasteiger partial charge is 0.290 e. The third-order valence-corrected chi connectivity index (χ3v) is 4.83. The highest BCUT2D eigenvalue weighted by atomic mass is 35.5. The summed E-state index contributed by atoms with van der Waals surface area (Å²) in [6.45, 7) is 2.06. The fraction of sp³-hybridized carbons (Fsp3) is 0.238. The van der Waals surface area contributed by atoms with Gasteiger partial charge in [-0.2, -0.15) is 5.10 Å². The van der Waals surface area contributed by atoms with Crippen molar-refractivity contribution in [2.45, 2.75) is 26.3 Å². The van der Waals surface area contributed by atoms with Gasteiger partial charge in [0.2, 0.25) is 0 Å². The second-order valence-electron chi connectivity index (χ2n) is 7.00. The summed E-state index contributed by atoms with van der Waals surface area (Å²) in [5.41, 5.74) is 2.50. The quantitative estimate of drug-likeness (QED) is 0.630. The summed E-state index contributed by atoms with van der Waals surface area (Å²) in [5, 5.41) is 8.05. The zero-order chi connectivity index (χ0) is 19.7. The SMILES string of the molecule is CC(=O)c1cc(Cl)cc(Nc2cc(-c3ccccn3)nn(CC3CC3)c2=O)c1. The molecule has 1 aliphatic rings. The van der Waals surface area contributed by atoms with Crippen LogP contribution in [0.4, 0.5) is 11.4 Å². The van der Waals surface area contributed by atoms with Crippen LogP contribution in [0.15, 0.2) is 53.5 Å². The van der Waals surface area contributed by atoms with Crippen molar-refractivity contribution >= 4 is 28.8 Å². The molecular formula is C21H19ClN4O2. The van der Waals surface area contributed by atoms with Crippen LogP contribution in [-0.4, -0.2) is 20.5 Å². The Hall–Kier alpha value is -2.99. The van der Waals surface area contributed by atoms with Crippen LogP contribution in [0.5, 0.6) is 0 Å². The number of nitrogens with zero attached hydrogens (tertiary/aromatic N) is 3.